The molecule has 354 valence electrons. The van der Waals surface area contributed by atoms with E-state index in [-0.39, 0.29) is 23.0 Å². The zero-order chi connectivity index (χ0) is 46.3. The highest BCUT2D eigenvalue weighted by molar-refractivity contribution is 5.84. The van der Waals surface area contributed by atoms with Gasteiger partial charge in [-0.15, -0.1) is 0 Å². The monoisotopic (exact) mass is 914 g/mol. The Bertz CT molecular complexity index is 2770. The summed E-state index contributed by atoms with van der Waals surface area (Å²) < 4.78 is 31.5. The molecule has 4 aliphatic heterocycles. The van der Waals surface area contributed by atoms with E-state index in [1.165, 1.54) is 29.3 Å². The standard InChI is InChI=1S/C26H33N5O3.C25H30FN5O2/c1-33-22-6-4-17-5-7-24(32)30-26(17)25(22)21(27)16-31-10-8-19(9-11-31)28-14-20-13-18-3-2-12-34-23(18)15-29-20;26-20-5-3-16-4-6-23(32)30-25(16)24(20)21(27)15-31-9-7-18(8-10-31)28-13-19-12-17-2-1-11-33-22(17)14-29-19/h4-7,13,15,19,21,28H,2-3,8-12,14,16,27H2,1H3,(H,30,32);3-6,12,14,18,21,28H,1-2,7-11,13,15,27H2,(H,30,32)/t2*21-/m11/s1. The number of benzene rings is 2. The van der Waals surface area contributed by atoms with E-state index in [2.05, 4.69) is 52.5 Å². The van der Waals surface area contributed by atoms with Crippen molar-refractivity contribution in [3.63, 3.8) is 0 Å². The Morgan fingerprint density at radius 1 is 0.701 bits per heavy atom. The predicted molar refractivity (Wildman–Crippen MR) is 258 cm³/mol. The SMILES string of the molecule is COc1ccc2ccc(=O)[nH]c2c1[C@H](N)CN1CCC(NCc2cc3c(cn2)OCCC3)CC1.N[C@H](CN1CCC(NCc2cc3c(cn2)OCCC3)CC1)c1c(F)ccc2ccc(=O)[nH]c12. The van der Waals surface area contributed by atoms with Crippen molar-refractivity contribution in [3.05, 3.63) is 133 Å². The van der Waals surface area contributed by atoms with Crippen molar-refractivity contribution in [2.75, 3.05) is 59.6 Å². The van der Waals surface area contributed by atoms with E-state index in [1.54, 1.807) is 19.2 Å². The smallest absolute Gasteiger partial charge is 0.248 e. The predicted octanol–water partition coefficient (Wildman–Crippen LogP) is 5.15. The number of pyridine rings is 4. The van der Waals surface area contributed by atoms with Crippen molar-refractivity contribution in [1.82, 2.24) is 40.4 Å². The van der Waals surface area contributed by atoms with Gasteiger partial charge in [0.25, 0.3) is 0 Å². The van der Waals surface area contributed by atoms with E-state index in [0.717, 1.165) is 149 Å². The topological polar surface area (TPSA) is 202 Å². The number of aromatic amines is 2. The average Bonchev–Trinajstić information content (AvgIpc) is 3.35. The van der Waals surface area contributed by atoms with Gasteiger partial charge in [-0.2, -0.15) is 0 Å². The fourth-order valence-corrected chi connectivity index (χ4v) is 10.0. The number of aromatic nitrogens is 4. The van der Waals surface area contributed by atoms with Crippen LogP contribution in [0.5, 0.6) is 17.2 Å². The number of methoxy groups -OCH3 is 1. The summed E-state index contributed by atoms with van der Waals surface area (Å²) in [6.45, 7) is 8.07. The molecule has 6 aromatic rings. The Morgan fingerprint density at radius 3 is 1.67 bits per heavy atom. The molecule has 8 heterocycles. The van der Waals surface area contributed by atoms with Crippen LogP contribution in [0.1, 0.15) is 84.3 Å². The van der Waals surface area contributed by atoms with Gasteiger partial charge >= 0.3 is 0 Å². The molecule has 10 rings (SSSR count). The number of likely N-dealkylation sites (tertiary alicyclic amines) is 2. The number of hydrogen-bond acceptors (Lipinski definition) is 13. The molecule has 0 unspecified atom stereocenters. The number of hydrogen-bond donors (Lipinski definition) is 6. The van der Waals surface area contributed by atoms with E-state index in [9.17, 15) is 14.0 Å². The van der Waals surface area contributed by atoms with Crippen LogP contribution in [0.4, 0.5) is 4.39 Å². The highest BCUT2D eigenvalue weighted by atomic mass is 19.1. The minimum absolute atomic E-state index is 0.137. The second-order valence-electron chi connectivity index (χ2n) is 18.3. The van der Waals surface area contributed by atoms with Crippen molar-refractivity contribution in [2.45, 2.75) is 88.6 Å². The summed E-state index contributed by atoms with van der Waals surface area (Å²) in [7, 11) is 1.64. The zero-order valence-electron chi connectivity index (χ0n) is 38.3. The molecule has 16 heteroatoms. The highest BCUT2D eigenvalue weighted by Crippen LogP contribution is 2.32. The van der Waals surface area contributed by atoms with Crippen molar-refractivity contribution in [2.24, 2.45) is 11.5 Å². The maximum atomic E-state index is 14.6. The third-order valence-corrected chi connectivity index (χ3v) is 13.7. The van der Waals surface area contributed by atoms with Gasteiger partial charge in [0.1, 0.15) is 23.1 Å². The number of aryl methyl sites for hydroxylation is 2. The molecule has 0 spiro atoms. The van der Waals surface area contributed by atoms with E-state index < -0.39 is 6.04 Å². The Labute approximate surface area is 389 Å². The van der Waals surface area contributed by atoms with Crippen LogP contribution in [0, 0.1) is 5.82 Å². The molecule has 4 aliphatic rings. The van der Waals surface area contributed by atoms with Crippen molar-refractivity contribution < 1.29 is 18.6 Å². The summed E-state index contributed by atoms with van der Waals surface area (Å²) in [5, 5.41) is 9.05. The van der Waals surface area contributed by atoms with Crippen LogP contribution in [0.25, 0.3) is 21.8 Å². The lowest BCUT2D eigenvalue weighted by molar-refractivity contribution is 0.187. The van der Waals surface area contributed by atoms with Gasteiger partial charge in [0.2, 0.25) is 11.1 Å². The van der Waals surface area contributed by atoms with Gasteiger partial charge in [0, 0.05) is 73.6 Å². The third kappa shape index (κ3) is 11.3. The van der Waals surface area contributed by atoms with Gasteiger partial charge < -0.3 is 56.1 Å². The van der Waals surface area contributed by atoms with Gasteiger partial charge in [-0.1, -0.05) is 0 Å². The summed E-state index contributed by atoms with van der Waals surface area (Å²) in [4.78, 5) is 43.2. The first-order chi connectivity index (χ1) is 32.7. The van der Waals surface area contributed by atoms with E-state index in [1.807, 2.05) is 30.6 Å². The number of fused-ring (bicyclic) bond motifs is 4. The van der Waals surface area contributed by atoms with Gasteiger partial charge in [-0.3, -0.25) is 19.6 Å². The van der Waals surface area contributed by atoms with E-state index >= 15 is 0 Å². The summed E-state index contributed by atoms with van der Waals surface area (Å²) in [6.07, 6.45) is 12.1. The lowest BCUT2D eigenvalue weighted by Gasteiger charge is -2.34. The molecule has 0 radical (unpaired) electrons. The molecule has 4 aromatic heterocycles. The summed E-state index contributed by atoms with van der Waals surface area (Å²) >= 11 is 0. The third-order valence-electron chi connectivity index (χ3n) is 13.7. The molecule has 2 fully saturated rings. The van der Waals surface area contributed by atoms with Crippen LogP contribution in [-0.2, 0) is 25.9 Å². The van der Waals surface area contributed by atoms with E-state index in [0.29, 0.717) is 42.0 Å². The highest BCUT2D eigenvalue weighted by Gasteiger charge is 2.26. The Morgan fingerprint density at radius 2 is 1.16 bits per heavy atom. The maximum absolute atomic E-state index is 14.6. The van der Waals surface area contributed by atoms with E-state index in [4.69, 9.17) is 25.7 Å². The van der Waals surface area contributed by atoms with Crippen molar-refractivity contribution >= 4 is 21.8 Å². The number of piperidine rings is 2. The minimum Gasteiger partial charge on any atom is -0.496 e. The number of ether oxygens (including phenoxy) is 3. The molecule has 2 atom stereocenters. The second-order valence-corrected chi connectivity index (χ2v) is 18.3. The Balaban J connectivity index is 0.000000168. The first-order valence-electron chi connectivity index (χ1n) is 23.8. The van der Waals surface area contributed by atoms with Crippen LogP contribution in [0.15, 0.2) is 82.6 Å². The first kappa shape index (κ1) is 46.4. The largest absolute Gasteiger partial charge is 0.496 e. The number of halogens is 1. The lowest BCUT2D eigenvalue weighted by Crippen LogP contribution is -2.44. The molecule has 0 aliphatic carbocycles. The number of nitrogens with zero attached hydrogens (tertiary/aromatic N) is 4. The fourth-order valence-electron chi connectivity index (χ4n) is 10.0. The molecule has 0 bridgehead atoms. The summed E-state index contributed by atoms with van der Waals surface area (Å²) in [5.74, 6) is 2.19. The van der Waals surface area contributed by atoms with Crippen LogP contribution < -0.4 is 47.4 Å². The maximum Gasteiger partial charge on any atom is 0.248 e. The van der Waals surface area contributed by atoms with Crippen molar-refractivity contribution in [1.29, 1.82) is 0 Å². The molecule has 0 saturated carbocycles. The number of H-pyrrole nitrogens is 2. The number of nitrogens with one attached hydrogen (secondary N) is 4. The molecule has 2 saturated heterocycles. The molecular weight excluding hydrogens is 852 g/mol. The summed E-state index contributed by atoms with van der Waals surface area (Å²) in [5.41, 5.74) is 19.8. The fraction of sp³-hybridized carbons (Fsp3) is 0.451. The number of nitrogens with two attached hydrogens (primary N) is 2. The normalized spacial score (nSPS) is 18.0. The molecule has 15 nitrogen and oxygen atoms in total. The van der Waals surface area contributed by atoms with Gasteiger partial charge in [0.05, 0.1) is 55.1 Å². The van der Waals surface area contributed by atoms with Gasteiger partial charge in [0.15, 0.2) is 0 Å². The molecule has 67 heavy (non-hydrogen) atoms. The molecule has 2 aromatic carbocycles. The number of rotatable bonds is 13. The van der Waals surface area contributed by atoms with Crippen molar-refractivity contribution in [3.8, 4) is 17.2 Å². The Kier molecular flexibility index (Phi) is 14.9. The minimum atomic E-state index is -0.516. The second kappa shape index (κ2) is 21.5. The van der Waals surface area contributed by atoms with Gasteiger partial charge in [-0.05, 0) is 148 Å². The average molecular weight is 915 g/mol. The molecule has 0 amide bonds. The quantitative estimate of drug-likeness (QED) is 0.0890. The zero-order valence-corrected chi connectivity index (χ0v) is 38.3. The summed E-state index contributed by atoms with van der Waals surface area (Å²) in [6, 6.07) is 17.9. The van der Waals surface area contributed by atoms with Crippen LogP contribution >= 0.6 is 0 Å². The van der Waals surface area contributed by atoms with Gasteiger partial charge in [-0.25, -0.2) is 4.39 Å². The lowest BCUT2D eigenvalue weighted by atomic mass is 9.99. The molecule has 8 N–H and O–H groups in total. The van der Waals surface area contributed by atoms with Crippen LogP contribution in [0.2, 0.25) is 0 Å². The first-order valence-corrected chi connectivity index (χ1v) is 23.8. The van der Waals surface area contributed by atoms with Crippen LogP contribution in [-0.4, -0.2) is 101 Å². The van der Waals surface area contributed by atoms with Crippen LogP contribution in [0.3, 0.4) is 0 Å². The Hall–Kier alpha value is -5.75. The molecular formula is C51H63FN10O5.